The molecule has 0 fully saturated rings. The van der Waals surface area contributed by atoms with Gasteiger partial charge in [0.05, 0.1) is 5.39 Å². The van der Waals surface area contributed by atoms with Gasteiger partial charge in [0.1, 0.15) is 5.69 Å². The fourth-order valence-corrected chi connectivity index (χ4v) is 2.22. The average molecular weight is 307 g/mol. The number of nitrogens with zero attached hydrogens (tertiary/aromatic N) is 3. The number of hydrogen-bond donors (Lipinski definition) is 0. The molecule has 1 aromatic carbocycles. The number of halogens is 1. The molecule has 4 aromatic rings. The van der Waals surface area contributed by atoms with Crippen molar-refractivity contribution in [2.75, 3.05) is 0 Å². The van der Waals surface area contributed by atoms with Crippen molar-refractivity contribution in [1.29, 1.82) is 0 Å². The molecule has 112 valence electrons. The van der Waals surface area contributed by atoms with Crippen LogP contribution in [-0.4, -0.2) is 15.1 Å². The molecular weight excluding hydrogens is 297 g/mol. The van der Waals surface area contributed by atoms with Crippen molar-refractivity contribution in [1.82, 2.24) is 15.1 Å². The first-order valence-electron chi connectivity index (χ1n) is 6.90. The lowest BCUT2D eigenvalue weighted by Gasteiger charge is -2.04. The summed E-state index contributed by atoms with van der Waals surface area (Å²) in [5.74, 6) is -0.120. The number of benzene rings is 1. The predicted molar refractivity (Wildman–Crippen MR) is 81.5 cm³/mol. The molecule has 0 amide bonds. The fraction of sp³-hybridized carbons (Fsp3) is 0. The lowest BCUT2D eigenvalue weighted by molar-refractivity contribution is 0.416. The summed E-state index contributed by atoms with van der Waals surface area (Å²) in [7, 11) is 0. The molecule has 3 aromatic heterocycles. The Morgan fingerprint density at radius 3 is 2.74 bits per heavy atom. The summed E-state index contributed by atoms with van der Waals surface area (Å²) < 4.78 is 24.3. The van der Waals surface area contributed by atoms with Gasteiger partial charge in [-0.1, -0.05) is 17.3 Å². The molecule has 0 saturated heterocycles. The summed E-state index contributed by atoms with van der Waals surface area (Å²) in [4.78, 5) is 8.28. The Morgan fingerprint density at radius 2 is 1.91 bits per heavy atom. The van der Waals surface area contributed by atoms with E-state index in [4.69, 9.17) is 9.26 Å². The highest BCUT2D eigenvalue weighted by molar-refractivity contribution is 5.89. The Bertz CT molecular complexity index is 970. The molecule has 0 aliphatic rings. The monoisotopic (exact) mass is 307 g/mol. The van der Waals surface area contributed by atoms with Gasteiger partial charge in [0.15, 0.2) is 11.6 Å². The van der Waals surface area contributed by atoms with E-state index in [0.29, 0.717) is 11.4 Å². The third-order valence-corrected chi connectivity index (χ3v) is 3.30. The van der Waals surface area contributed by atoms with Gasteiger partial charge in [-0.05, 0) is 30.3 Å². The molecule has 0 N–H and O–H groups in total. The van der Waals surface area contributed by atoms with Crippen LogP contribution < -0.4 is 4.74 Å². The van der Waals surface area contributed by atoms with Crippen molar-refractivity contribution in [2.24, 2.45) is 0 Å². The van der Waals surface area contributed by atoms with Crippen LogP contribution in [0.1, 0.15) is 0 Å². The molecule has 0 aliphatic heterocycles. The standard InChI is InChI=1S/C17H10FN3O2/c18-13-5-1-2-6-14(13)22-15-8-7-12-16(21-23-17(12)20-15)11-4-3-9-19-10-11/h1-10H. The van der Waals surface area contributed by atoms with E-state index in [1.165, 1.54) is 12.1 Å². The maximum atomic E-state index is 13.6. The summed E-state index contributed by atoms with van der Waals surface area (Å²) >= 11 is 0. The molecule has 4 rings (SSSR count). The number of pyridine rings is 2. The van der Waals surface area contributed by atoms with Crippen molar-refractivity contribution in [3.63, 3.8) is 0 Å². The van der Waals surface area contributed by atoms with Crippen LogP contribution in [0.25, 0.3) is 22.4 Å². The third kappa shape index (κ3) is 2.50. The molecule has 0 aliphatic carbocycles. The number of ether oxygens (including phenoxy) is 1. The second-order valence-electron chi connectivity index (χ2n) is 4.81. The van der Waals surface area contributed by atoms with E-state index < -0.39 is 5.82 Å². The van der Waals surface area contributed by atoms with E-state index in [1.54, 1.807) is 36.7 Å². The van der Waals surface area contributed by atoms with E-state index in [2.05, 4.69) is 15.1 Å². The Labute approximate surface area is 130 Å². The summed E-state index contributed by atoms with van der Waals surface area (Å²) in [6.07, 6.45) is 3.38. The zero-order valence-electron chi connectivity index (χ0n) is 11.8. The molecule has 0 saturated carbocycles. The van der Waals surface area contributed by atoms with Crippen LogP contribution in [0.15, 0.2) is 65.4 Å². The van der Waals surface area contributed by atoms with E-state index in [-0.39, 0.29) is 11.6 Å². The van der Waals surface area contributed by atoms with Gasteiger partial charge >= 0.3 is 0 Å². The average Bonchev–Trinajstić information content (AvgIpc) is 3.01. The Morgan fingerprint density at radius 1 is 1.00 bits per heavy atom. The first kappa shape index (κ1) is 13.4. The van der Waals surface area contributed by atoms with E-state index in [1.807, 2.05) is 12.1 Å². The van der Waals surface area contributed by atoms with Gasteiger partial charge in [-0.15, -0.1) is 0 Å². The van der Waals surface area contributed by atoms with Gasteiger partial charge in [0, 0.05) is 24.0 Å². The second-order valence-corrected chi connectivity index (χ2v) is 4.81. The summed E-state index contributed by atoms with van der Waals surface area (Å²) in [5, 5.41) is 4.76. The minimum atomic E-state index is -0.456. The van der Waals surface area contributed by atoms with E-state index in [0.717, 1.165) is 10.9 Å². The number of rotatable bonds is 3. The minimum absolute atomic E-state index is 0.103. The lowest BCUT2D eigenvalue weighted by atomic mass is 10.1. The van der Waals surface area contributed by atoms with Crippen molar-refractivity contribution in [3.8, 4) is 22.9 Å². The topological polar surface area (TPSA) is 61.0 Å². The molecule has 23 heavy (non-hydrogen) atoms. The molecule has 5 nitrogen and oxygen atoms in total. The number of hydrogen-bond acceptors (Lipinski definition) is 5. The van der Waals surface area contributed by atoms with Crippen molar-refractivity contribution in [2.45, 2.75) is 0 Å². The fourth-order valence-electron chi connectivity index (χ4n) is 2.22. The molecule has 0 atom stereocenters. The molecule has 0 spiro atoms. The first-order chi connectivity index (χ1) is 11.3. The highest BCUT2D eigenvalue weighted by Crippen LogP contribution is 2.29. The van der Waals surface area contributed by atoms with Crippen molar-refractivity contribution in [3.05, 3.63) is 66.7 Å². The smallest absolute Gasteiger partial charge is 0.261 e. The van der Waals surface area contributed by atoms with Crippen molar-refractivity contribution >= 4 is 11.1 Å². The molecule has 6 heteroatoms. The maximum Gasteiger partial charge on any atom is 0.261 e. The largest absolute Gasteiger partial charge is 0.436 e. The number of fused-ring (bicyclic) bond motifs is 1. The maximum absolute atomic E-state index is 13.6. The van der Waals surface area contributed by atoms with Gasteiger partial charge in [0.2, 0.25) is 5.88 Å². The Balaban J connectivity index is 1.72. The molecule has 0 bridgehead atoms. The normalized spacial score (nSPS) is 10.8. The minimum Gasteiger partial charge on any atom is -0.436 e. The summed E-state index contributed by atoms with van der Waals surface area (Å²) in [6, 6.07) is 13.3. The first-order valence-corrected chi connectivity index (χ1v) is 6.90. The van der Waals surface area contributed by atoms with E-state index >= 15 is 0 Å². The summed E-state index contributed by atoms with van der Waals surface area (Å²) in [5.41, 5.74) is 1.80. The summed E-state index contributed by atoms with van der Waals surface area (Å²) in [6.45, 7) is 0. The lowest BCUT2D eigenvalue weighted by Crippen LogP contribution is -1.90. The third-order valence-electron chi connectivity index (χ3n) is 3.30. The quantitative estimate of drug-likeness (QED) is 0.567. The highest BCUT2D eigenvalue weighted by Gasteiger charge is 2.13. The van der Waals surface area contributed by atoms with Crippen LogP contribution >= 0.6 is 0 Å². The van der Waals surface area contributed by atoms with Crippen LogP contribution in [0.3, 0.4) is 0 Å². The number of aromatic nitrogens is 3. The zero-order valence-corrected chi connectivity index (χ0v) is 11.8. The molecule has 3 heterocycles. The Hall–Kier alpha value is -3.28. The molecule has 0 unspecified atom stereocenters. The highest BCUT2D eigenvalue weighted by atomic mass is 19.1. The van der Waals surface area contributed by atoms with E-state index in [9.17, 15) is 4.39 Å². The van der Waals surface area contributed by atoms with Crippen LogP contribution in [0.4, 0.5) is 4.39 Å². The van der Waals surface area contributed by atoms with Crippen LogP contribution in [0.5, 0.6) is 11.6 Å². The molecular formula is C17H10FN3O2. The SMILES string of the molecule is Fc1ccccc1Oc1ccc2c(-c3cccnc3)noc2n1. The van der Waals surface area contributed by atoms with Gasteiger partial charge < -0.3 is 9.26 Å². The van der Waals surface area contributed by atoms with Gasteiger partial charge in [-0.3, -0.25) is 4.98 Å². The van der Waals surface area contributed by atoms with Crippen LogP contribution in [0.2, 0.25) is 0 Å². The molecule has 0 radical (unpaired) electrons. The van der Waals surface area contributed by atoms with Crippen molar-refractivity contribution < 1.29 is 13.7 Å². The zero-order chi connectivity index (χ0) is 15.6. The Kier molecular flexibility index (Phi) is 3.20. The van der Waals surface area contributed by atoms with Gasteiger partial charge in [0.25, 0.3) is 5.71 Å². The van der Waals surface area contributed by atoms with Gasteiger partial charge in [-0.25, -0.2) is 4.39 Å². The van der Waals surface area contributed by atoms with Crippen LogP contribution in [0, 0.1) is 5.82 Å². The predicted octanol–water partition coefficient (Wildman–Crippen LogP) is 4.22. The second kappa shape index (κ2) is 5.49. The van der Waals surface area contributed by atoms with Crippen LogP contribution in [-0.2, 0) is 0 Å². The van der Waals surface area contributed by atoms with Gasteiger partial charge in [-0.2, -0.15) is 4.98 Å². The number of para-hydroxylation sites is 1.